The molecule has 3 nitrogen and oxygen atoms in total. The number of likely N-dealkylation sites (tertiary alicyclic amines) is 1. The molecule has 0 saturated carbocycles. The van der Waals surface area contributed by atoms with Crippen molar-refractivity contribution in [3.8, 4) is 6.07 Å². The van der Waals surface area contributed by atoms with Gasteiger partial charge in [0.2, 0.25) is 5.91 Å². The predicted octanol–water partition coefficient (Wildman–Crippen LogP) is 0.844. The van der Waals surface area contributed by atoms with Gasteiger partial charge >= 0.3 is 0 Å². The summed E-state index contributed by atoms with van der Waals surface area (Å²) in [6.45, 7) is 0.0582. The van der Waals surface area contributed by atoms with E-state index in [0.29, 0.717) is 0 Å². The normalized spacial score (nSPS) is 28.6. The minimum absolute atomic E-state index is 0.0582. The van der Waals surface area contributed by atoms with Crippen LogP contribution < -0.4 is 0 Å². The van der Waals surface area contributed by atoms with E-state index in [9.17, 15) is 9.18 Å². The number of carbonyl (C=O) groups excluding carboxylic acids is 1. The number of halogens is 2. The molecule has 66 valence electrons. The predicted molar refractivity (Wildman–Crippen MR) is 44.4 cm³/mol. The molecule has 12 heavy (non-hydrogen) atoms. The second-order valence-electron chi connectivity index (χ2n) is 2.66. The third kappa shape index (κ3) is 1.75. The average molecular weight is 235 g/mol. The van der Waals surface area contributed by atoms with Crippen LogP contribution in [0.4, 0.5) is 4.39 Å². The lowest BCUT2D eigenvalue weighted by Crippen LogP contribution is -2.35. The molecule has 0 radical (unpaired) electrons. The van der Waals surface area contributed by atoms with Gasteiger partial charge in [0.1, 0.15) is 12.2 Å². The summed E-state index contributed by atoms with van der Waals surface area (Å²) in [4.78, 5) is 12.4. The first-order valence-electron chi connectivity index (χ1n) is 3.58. The summed E-state index contributed by atoms with van der Waals surface area (Å²) < 4.78 is 12.7. The third-order valence-corrected chi connectivity index (χ3v) is 2.31. The summed E-state index contributed by atoms with van der Waals surface area (Å²) >= 11 is 2.98. The van der Waals surface area contributed by atoms with E-state index in [0.717, 1.165) is 0 Å². The van der Waals surface area contributed by atoms with Crippen molar-refractivity contribution in [1.29, 1.82) is 5.26 Å². The Hall–Kier alpha value is -0.630. The molecule has 1 fully saturated rings. The van der Waals surface area contributed by atoms with Crippen molar-refractivity contribution in [2.24, 2.45) is 0 Å². The highest BCUT2D eigenvalue weighted by Crippen LogP contribution is 2.20. The van der Waals surface area contributed by atoms with Gasteiger partial charge in [0, 0.05) is 6.42 Å². The van der Waals surface area contributed by atoms with E-state index in [-0.39, 0.29) is 24.2 Å². The van der Waals surface area contributed by atoms with Gasteiger partial charge in [0.15, 0.2) is 0 Å². The zero-order valence-electron chi connectivity index (χ0n) is 6.33. The van der Waals surface area contributed by atoms with Crippen molar-refractivity contribution in [3.05, 3.63) is 0 Å². The zero-order chi connectivity index (χ0) is 9.14. The smallest absolute Gasteiger partial charge is 0.234 e. The summed E-state index contributed by atoms with van der Waals surface area (Å²) in [5, 5.41) is 8.72. The maximum absolute atomic E-state index is 12.7. The monoisotopic (exact) mass is 234 g/mol. The highest BCUT2D eigenvalue weighted by atomic mass is 79.9. The topological polar surface area (TPSA) is 44.1 Å². The minimum Gasteiger partial charge on any atom is -0.323 e. The van der Waals surface area contributed by atoms with Crippen LogP contribution in [-0.2, 0) is 4.79 Å². The first kappa shape index (κ1) is 9.46. The molecule has 5 heteroatoms. The Morgan fingerprint density at radius 1 is 1.83 bits per heavy atom. The Balaban J connectivity index is 2.65. The maximum Gasteiger partial charge on any atom is 0.234 e. The molecule has 0 aliphatic carbocycles. The van der Waals surface area contributed by atoms with Crippen LogP contribution in [-0.4, -0.2) is 34.9 Å². The second-order valence-corrected chi connectivity index (χ2v) is 3.22. The molecule has 1 aliphatic rings. The summed E-state index contributed by atoms with van der Waals surface area (Å²) in [7, 11) is 0. The van der Waals surface area contributed by atoms with Crippen molar-refractivity contribution in [3.63, 3.8) is 0 Å². The molecule has 1 aliphatic heterocycles. The lowest BCUT2D eigenvalue weighted by molar-refractivity contribution is -0.128. The Morgan fingerprint density at radius 2 is 2.50 bits per heavy atom. The quantitative estimate of drug-likeness (QED) is 0.632. The maximum atomic E-state index is 12.7. The Bertz CT molecular complexity index is 228. The molecule has 0 spiro atoms. The fourth-order valence-corrected chi connectivity index (χ4v) is 1.58. The van der Waals surface area contributed by atoms with E-state index >= 15 is 0 Å². The highest BCUT2D eigenvalue weighted by Gasteiger charge is 2.34. The zero-order valence-corrected chi connectivity index (χ0v) is 7.92. The molecule has 0 aromatic carbocycles. The van der Waals surface area contributed by atoms with Gasteiger partial charge < -0.3 is 4.90 Å². The fraction of sp³-hybridized carbons (Fsp3) is 0.714. The van der Waals surface area contributed by atoms with E-state index < -0.39 is 12.2 Å². The molecule has 0 bridgehead atoms. The lowest BCUT2D eigenvalue weighted by Gasteiger charge is -2.17. The van der Waals surface area contributed by atoms with Gasteiger partial charge in [-0.1, -0.05) is 15.9 Å². The van der Waals surface area contributed by atoms with Crippen LogP contribution in [0.25, 0.3) is 0 Å². The first-order chi connectivity index (χ1) is 5.69. The molecule has 2 atom stereocenters. The Labute approximate surface area is 78.3 Å². The van der Waals surface area contributed by atoms with Crippen LogP contribution in [0.3, 0.4) is 0 Å². The van der Waals surface area contributed by atoms with E-state index in [2.05, 4.69) is 15.9 Å². The summed E-state index contributed by atoms with van der Waals surface area (Å²) in [6.07, 6.45) is -0.896. The number of rotatable bonds is 1. The molecular weight excluding hydrogens is 227 g/mol. The van der Waals surface area contributed by atoms with E-state index in [1.165, 1.54) is 4.90 Å². The molecule has 1 heterocycles. The summed E-state index contributed by atoms with van der Waals surface area (Å²) in [6, 6.07) is 1.33. The third-order valence-electron chi connectivity index (χ3n) is 1.83. The molecule has 1 saturated heterocycles. The van der Waals surface area contributed by atoms with Gasteiger partial charge in [-0.15, -0.1) is 0 Å². The van der Waals surface area contributed by atoms with E-state index in [1.807, 2.05) is 6.07 Å². The van der Waals surface area contributed by atoms with Crippen molar-refractivity contribution >= 4 is 21.8 Å². The highest BCUT2D eigenvalue weighted by molar-refractivity contribution is 9.09. The number of amides is 1. The van der Waals surface area contributed by atoms with E-state index in [4.69, 9.17) is 5.26 Å². The first-order valence-corrected chi connectivity index (χ1v) is 4.70. The molecule has 0 aromatic rings. The number of alkyl halides is 2. The SMILES string of the molecule is N#C[C@H]1C[C@H](F)CN1C(=O)CBr. The standard InChI is InChI=1S/C7H8BrFN2O/c8-2-7(12)11-4-5(9)1-6(11)3-10/h5-6H,1-2,4H2/t5-,6+/m0/s1. The number of hydrogen-bond donors (Lipinski definition) is 0. The van der Waals surface area contributed by atoms with Gasteiger partial charge in [0.25, 0.3) is 0 Å². The van der Waals surface area contributed by atoms with Gasteiger partial charge in [-0.3, -0.25) is 4.79 Å². The lowest BCUT2D eigenvalue weighted by atomic mass is 10.2. The molecule has 1 amide bonds. The Kier molecular flexibility index (Phi) is 3.04. The number of carbonyl (C=O) groups is 1. The number of hydrogen-bond acceptors (Lipinski definition) is 2. The van der Waals surface area contributed by atoms with Crippen LogP contribution in [0, 0.1) is 11.3 Å². The van der Waals surface area contributed by atoms with Crippen molar-refractivity contribution in [1.82, 2.24) is 4.90 Å². The fourth-order valence-electron chi connectivity index (χ4n) is 1.26. The Morgan fingerprint density at radius 3 is 3.00 bits per heavy atom. The second kappa shape index (κ2) is 3.85. The van der Waals surface area contributed by atoms with Crippen molar-refractivity contribution in [2.45, 2.75) is 18.6 Å². The molecule has 0 N–H and O–H groups in total. The molecular formula is C7H8BrFN2O. The molecule has 0 aromatic heterocycles. The van der Waals surface area contributed by atoms with Crippen LogP contribution >= 0.6 is 15.9 Å². The minimum atomic E-state index is -1.04. The van der Waals surface area contributed by atoms with E-state index in [1.54, 1.807) is 0 Å². The van der Waals surface area contributed by atoms with Crippen LogP contribution in [0.5, 0.6) is 0 Å². The number of nitrogens with zero attached hydrogens (tertiary/aromatic N) is 2. The molecule has 1 rings (SSSR count). The van der Waals surface area contributed by atoms with Gasteiger partial charge in [-0.05, 0) is 0 Å². The van der Waals surface area contributed by atoms with Gasteiger partial charge in [0.05, 0.1) is 17.9 Å². The van der Waals surface area contributed by atoms with Gasteiger partial charge in [-0.25, -0.2) is 4.39 Å². The molecule has 0 unspecified atom stereocenters. The van der Waals surface area contributed by atoms with Crippen LogP contribution in [0.15, 0.2) is 0 Å². The van der Waals surface area contributed by atoms with Crippen LogP contribution in [0.2, 0.25) is 0 Å². The number of nitriles is 1. The van der Waals surface area contributed by atoms with Gasteiger partial charge in [-0.2, -0.15) is 5.26 Å². The summed E-state index contributed by atoms with van der Waals surface area (Å²) in [5.41, 5.74) is 0. The van der Waals surface area contributed by atoms with Crippen molar-refractivity contribution in [2.75, 3.05) is 11.9 Å². The van der Waals surface area contributed by atoms with Crippen LogP contribution in [0.1, 0.15) is 6.42 Å². The largest absolute Gasteiger partial charge is 0.323 e. The average Bonchev–Trinajstić information content (AvgIpc) is 2.45. The van der Waals surface area contributed by atoms with Crippen molar-refractivity contribution < 1.29 is 9.18 Å². The summed E-state index contributed by atoms with van der Waals surface area (Å²) in [5.74, 6) is -0.221.